The highest BCUT2D eigenvalue weighted by molar-refractivity contribution is 7.92. The zero-order valence-corrected chi connectivity index (χ0v) is 16.2. The molecule has 0 atom stereocenters. The van der Waals surface area contributed by atoms with E-state index in [1.54, 1.807) is 12.1 Å². The molecule has 0 amide bonds. The van der Waals surface area contributed by atoms with Gasteiger partial charge in [-0.3, -0.25) is 9.52 Å². The first kappa shape index (κ1) is 21.0. The van der Waals surface area contributed by atoms with Gasteiger partial charge in [0, 0.05) is 11.3 Å². The molecular formula is C19H18NO7S-. The van der Waals surface area contributed by atoms with Crippen LogP contribution in [0.15, 0.2) is 47.4 Å². The number of aliphatic carboxylic acids is 1. The minimum absolute atomic E-state index is 0.0525. The zero-order chi connectivity index (χ0) is 20.9. The summed E-state index contributed by atoms with van der Waals surface area (Å²) in [6.07, 6.45) is 1.94. The summed E-state index contributed by atoms with van der Waals surface area (Å²) in [5.74, 6) is -1.60. The van der Waals surface area contributed by atoms with Crippen molar-refractivity contribution < 1.29 is 32.6 Å². The Balaban J connectivity index is 2.56. The van der Waals surface area contributed by atoms with Crippen LogP contribution in [0, 0.1) is 0 Å². The molecule has 148 valence electrons. The van der Waals surface area contributed by atoms with Crippen molar-refractivity contribution in [1.29, 1.82) is 0 Å². The topological polar surface area (TPSA) is 122 Å². The molecule has 0 spiro atoms. The third kappa shape index (κ3) is 4.89. The summed E-state index contributed by atoms with van der Waals surface area (Å²) < 4.78 is 38.6. The predicted octanol–water partition coefficient (Wildman–Crippen LogP) is 1.47. The average molecular weight is 404 g/mol. The number of nitrogens with one attached hydrogen (secondary N) is 1. The van der Waals surface area contributed by atoms with Crippen LogP contribution < -0.4 is 19.3 Å². The van der Waals surface area contributed by atoms with Crippen LogP contribution in [0.1, 0.15) is 22.8 Å². The van der Waals surface area contributed by atoms with E-state index in [9.17, 15) is 23.1 Å². The molecule has 8 nitrogen and oxygen atoms in total. The van der Waals surface area contributed by atoms with Gasteiger partial charge in [0.15, 0.2) is 17.3 Å². The fourth-order valence-electron chi connectivity index (χ4n) is 2.42. The molecule has 0 fully saturated rings. The van der Waals surface area contributed by atoms with Gasteiger partial charge in [0.25, 0.3) is 10.0 Å². The number of carboxylic acid groups (broad SMARTS) is 1. The molecule has 0 aromatic heterocycles. The van der Waals surface area contributed by atoms with Gasteiger partial charge in [-0.05, 0) is 42.8 Å². The molecular weight excluding hydrogens is 386 g/mol. The summed E-state index contributed by atoms with van der Waals surface area (Å²) in [7, 11) is -1.55. The lowest BCUT2D eigenvalue weighted by Crippen LogP contribution is -2.18. The van der Waals surface area contributed by atoms with Crippen molar-refractivity contribution in [2.75, 3.05) is 18.9 Å². The average Bonchev–Trinajstić information content (AvgIpc) is 2.65. The molecule has 2 aromatic rings. The Labute approximate surface area is 162 Å². The number of benzene rings is 2. The number of carbonyl (C=O) groups is 2. The van der Waals surface area contributed by atoms with E-state index < -0.39 is 16.0 Å². The fraction of sp³-hybridized carbons (Fsp3) is 0.158. The van der Waals surface area contributed by atoms with Crippen LogP contribution in [0.4, 0.5) is 5.69 Å². The second kappa shape index (κ2) is 8.57. The Morgan fingerprint density at radius 3 is 2.39 bits per heavy atom. The van der Waals surface area contributed by atoms with Crippen LogP contribution in [-0.4, -0.2) is 34.4 Å². The first-order chi connectivity index (χ1) is 13.2. The van der Waals surface area contributed by atoms with Crippen LogP contribution >= 0.6 is 0 Å². The van der Waals surface area contributed by atoms with Crippen LogP contribution in [-0.2, 0) is 14.8 Å². The van der Waals surface area contributed by atoms with Crippen molar-refractivity contribution in [3.05, 3.63) is 53.6 Å². The number of hydrogen-bond acceptors (Lipinski definition) is 7. The first-order valence-electron chi connectivity index (χ1n) is 7.97. The summed E-state index contributed by atoms with van der Waals surface area (Å²) in [6, 6.07) is 8.67. The number of hydrogen-bond donors (Lipinski definition) is 1. The number of ether oxygens (including phenoxy) is 2. The van der Waals surface area contributed by atoms with E-state index in [0.717, 1.165) is 6.08 Å². The largest absolute Gasteiger partial charge is 0.545 e. The third-order valence-corrected chi connectivity index (χ3v) is 5.08. The number of methoxy groups -OCH3 is 2. The summed E-state index contributed by atoms with van der Waals surface area (Å²) in [5, 5.41) is 10.6. The van der Waals surface area contributed by atoms with Crippen molar-refractivity contribution in [3.8, 4) is 11.5 Å². The lowest BCUT2D eigenvalue weighted by atomic mass is 10.1. The smallest absolute Gasteiger partial charge is 0.265 e. The molecule has 0 radical (unpaired) electrons. The minimum Gasteiger partial charge on any atom is -0.545 e. The Hall–Kier alpha value is -3.33. The summed E-state index contributed by atoms with van der Waals surface area (Å²) in [4.78, 5) is 21.9. The standard InChI is InChI=1S/C19H19NO7S/c1-12(21)14-5-4-6-15(11-14)20-28(24,25)17-10-13(7-8-18(22)23)9-16(26-2)19(17)27-3/h4-11,20H,1-3H3,(H,22,23)/p-1/b8-7+. The van der Waals surface area contributed by atoms with Gasteiger partial charge in [-0.2, -0.15) is 0 Å². The van der Waals surface area contributed by atoms with Crippen LogP contribution in [0.2, 0.25) is 0 Å². The normalized spacial score (nSPS) is 11.2. The number of Topliss-reactive ketones (excluding diaryl/α,β-unsaturated/α-hetero) is 1. The van der Waals surface area contributed by atoms with Gasteiger partial charge in [-0.25, -0.2) is 8.42 Å². The van der Waals surface area contributed by atoms with Gasteiger partial charge in [-0.15, -0.1) is 0 Å². The Bertz CT molecular complexity index is 1040. The summed E-state index contributed by atoms with van der Waals surface area (Å²) in [6.45, 7) is 1.37. The molecule has 2 rings (SSSR count). The lowest BCUT2D eigenvalue weighted by Gasteiger charge is -2.16. The number of ketones is 1. The molecule has 0 saturated heterocycles. The first-order valence-corrected chi connectivity index (χ1v) is 9.45. The van der Waals surface area contributed by atoms with Crippen molar-refractivity contribution >= 4 is 33.5 Å². The number of carboxylic acids is 1. The molecule has 0 aliphatic heterocycles. The number of rotatable bonds is 8. The van der Waals surface area contributed by atoms with E-state index in [2.05, 4.69) is 4.72 Å². The van der Waals surface area contributed by atoms with Gasteiger partial charge in [0.1, 0.15) is 4.90 Å². The highest BCUT2D eigenvalue weighted by atomic mass is 32.2. The van der Waals surface area contributed by atoms with Crippen LogP contribution in [0.3, 0.4) is 0 Å². The second-order valence-electron chi connectivity index (χ2n) is 5.65. The molecule has 0 unspecified atom stereocenters. The maximum Gasteiger partial charge on any atom is 0.265 e. The molecule has 0 aliphatic rings. The highest BCUT2D eigenvalue weighted by Gasteiger charge is 2.24. The van der Waals surface area contributed by atoms with Crippen molar-refractivity contribution in [2.45, 2.75) is 11.8 Å². The molecule has 1 N–H and O–H groups in total. The number of carbonyl (C=O) groups excluding carboxylic acids is 2. The maximum absolute atomic E-state index is 12.9. The predicted molar refractivity (Wildman–Crippen MR) is 101 cm³/mol. The van der Waals surface area contributed by atoms with E-state index in [-0.39, 0.29) is 33.4 Å². The quantitative estimate of drug-likeness (QED) is 0.522. The van der Waals surface area contributed by atoms with Gasteiger partial charge in [0.2, 0.25) is 0 Å². The van der Waals surface area contributed by atoms with Gasteiger partial charge in [-0.1, -0.05) is 18.2 Å². The Morgan fingerprint density at radius 2 is 1.82 bits per heavy atom. The van der Waals surface area contributed by atoms with Gasteiger partial charge in [0.05, 0.1) is 20.2 Å². The minimum atomic E-state index is -4.16. The Morgan fingerprint density at radius 1 is 1.11 bits per heavy atom. The van der Waals surface area contributed by atoms with E-state index >= 15 is 0 Å². The molecule has 9 heteroatoms. The second-order valence-corrected chi connectivity index (χ2v) is 7.30. The Kier molecular flexibility index (Phi) is 6.42. The molecule has 0 bridgehead atoms. The van der Waals surface area contributed by atoms with Crippen molar-refractivity contribution in [3.63, 3.8) is 0 Å². The van der Waals surface area contributed by atoms with E-state index in [1.165, 1.54) is 51.5 Å². The lowest BCUT2D eigenvalue weighted by molar-refractivity contribution is -0.297. The van der Waals surface area contributed by atoms with E-state index in [4.69, 9.17) is 9.47 Å². The summed E-state index contributed by atoms with van der Waals surface area (Å²) >= 11 is 0. The fourth-order valence-corrected chi connectivity index (χ4v) is 3.69. The molecule has 0 saturated carbocycles. The molecule has 0 aliphatic carbocycles. The highest BCUT2D eigenvalue weighted by Crippen LogP contribution is 2.37. The van der Waals surface area contributed by atoms with Crippen LogP contribution in [0.5, 0.6) is 11.5 Å². The van der Waals surface area contributed by atoms with Crippen molar-refractivity contribution in [2.24, 2.45) is 0 Å². The van der Waals surface area contributed by atoms with E-state index in [1.807, 2.05) is 0 Å². The number of anilines is 1. The SMILES string of the molecule is COc1cc(/C=C/C(=O)[O-])cc(S(=O)(=O)Nc2cccc(C(C)=O)c2)c1OC. The van der Waals surface area contributed by atoms with Crippen molar-refractivity contribution in [1.82, 2.24) is 0 Å². The molecule has 2 aromatic carbocycles. The van der Waals surface area contributed by atoms with E-state index in [0.29, 0.717) is 5.56 Å². The van der Waals surface area contributed by atoms with Gasteiger partial charge < -0.3 is 19.4 Å². The summed E-state index contributed by atoms with van der Waals surface area (Å²) in [5.41, 5.74) is 0.777. The van der Waals surface area contributed by atoms with Gasteiger partial charge >= 0.3 is 0 Å². The molecule has 28 heavy (non-hydrogen) atoms. The number of sulfonamides is 1. The zero-order valence-electron chi connectivity index (χ0n) is 15.4. The monoisotopic (exact) mass is 404 g/mol. The van der Waals surface area contributed by atoms with Crippen LogP contribution in [0.25, 0.3) is 6.08 Å². The maximum atomic E-state index is 12.9. The third-order valence-electron chi connectivity index (χ3n) is 3.69. The molecule has 0 heterocycles.